The highest BCUT2D eigenvalue weighted by Crippen LogP contribution is 2.21. The van der Waals surface area contributed by atoms with E-state index in [9.17, 15) is 22.0 Å². The van der Waals surface area contributed by atoms with Gasteiger partial charge in [-0.05, 0) is 36.4 Å². The Balaban J connectivity index is 2.04. The minimum absolute atomic E-state index is 0.176. The van der Waals surface area contributed by atoms with E-state index >= 15 is 0 Å². The Labute approximate surface area is 136 Å². The molecule has 1 amide bonds. The van der Waals surface area contributed by atoms with Gasteiger partial charge in [0.1, 0.15) is 16.5 Å². The van der Waals surface area contributed by atoms with Gasteiger partial charge >= 0.3 is 0 Å². The molecule has 0 bridgehead atoms. The molecule has 0 radical (unpaired) electrons. The quantitative estimate of drug-likeness (QED) is 0.860. The van der Waals surface area contributed by atoms with Crippen molar-refractivity contribution in [1.82, 2.24) is 4.72 Å². The van der Waals surface area contributed by atoms with Crippen LogP contribution in [0.2, 0.25) is 5.02 Å². The van der Waals surface area contributed by atoms with E-state index in [1.165, 1.54) is 18.2 Å². The second-order valence-electron chi connectivity index (χ2n) is 4.46. The Kier molecular flexibility index (Phi) is 5.30. The lowest BCUT2D eigenvalue weighted by atomic mass is 10.3. The van der Waals surface area contributed by atoms with Crippen molar-refractivity contribution in [1.29, 1.82) is 0 Å². The average molecular weight is 361 g/mol. The van der Waals surface area contributed by atoms with Crippen LogP contribution in [0.15, 0.2) is 47.4 Å². The maximum absolute atomic E-state index is 13.1. The van der Waals surface area contributed by atoms with Gasteiger partial charge in [0.15, 0.2) is 0 Å². The van der Waals surface area contributed by atoms with Gasteiger partial charge in [0.2, 0.25) is 15.9 Å². The predicted octanol–water partition coefficient (Wildman–Crippen LogP) is 2.54. The van der Waals surface area contributed by atoms with E-state index in [0.29, 0.717) is 0 Å². The van der Waals surface area contributed by atoms with Gasteiger partial charge in [0.05, 0.1) is 11.6 Å². The Morgan fingerprint density at radius 1 is 1.09 bits per heavy atom. The summed E-state index contributed by atoms with van der Waals surface area (Å²) in [5.74, 6) is -2.04. The first-order chi connectivity index (χ1) is 10.8. The summed E-state index contributed by atoms with van der Waals surface area (Å²) in [5, 5.41) is 2.14. The third-order valence-corrected chi connectivity index (χ3v) is 4.60. The number of amides is 1. The van der Waals surface area contributed by atoms with Crippen molar-refractivity contribution >= 4 is 33.2 Å². The van der Waals surface area contributed by atoms with E-state index in [2.05, 4.69) is 5.32 Å². The number of hydrogen-bond donors (Lipinski definition) is 2. The zero-order valence-electron chi connectivity index (χ0n) is 11.5. The van der Waals surface area contributed by atoms with Crippen LogP contribution < -0.4 is 10.0 Å². The molecule has 2 aromatic rings. The zero-order chi connectivity index (χ0) is 17.0. The predicted molar refractivity (Wildman–Crippen MR) is 81.6 cm³/mol. The largest absolute Gasteiger partial charge is 0.325 e. The van der Waals surface area contributed by atoms with Crippen molar-refractivity contribution in [2.75, 3.05) is 11.9 Å². The van der Waals surface area contributed by atoms with Crippen molar-refractivity contribution in [2.24, 2.45) is 0 Å². The monoisotopic (exact) mass is 360 g/mol. The number of rotatable bonds is 5. The van der Waals surface area contributed by atoms with E-state index in [-0.39, 0.29) is 10.7 Å². The van der Waals surface area contributed by atoms with E-state index in [1.807, 2.05) is 4.72 Å². The van der Waals surface area contributed by atoms with Crippen LogP contribution in [0, 0.1) is 11.6 Å². The van der Waals surface area contributed by atoms with Crippen molar-refractivity contribution in [3.63, 3.8) is 0 Å². The van der Waals surface area contributed by atoms with Crippen molar-refractivity contribution in [2.45, 2.75) is 4.90 Å². The number of anilines is 1. The molecule has 0 aliphatic heterocycles. The molecule has 0 saturated heterocycles. The minimum Gasteiger partial charge on any atom is -0.325 e. The van der Waals surface area contributed by atoms with Crippen LogP contribution in [0.25, 0.3) is 0 Å². The van der Waals surface area contributed by atoms with Gasteiger partial charge in [-0.15, -0.1) is 0 Å². The highest BCUT2D eigenvalue weighted by Gasteiger charge is 2.19. The normalized spacial score (nSPS) is 11.3. The van der Waals surface area contributed by atoms with E-state index in [0.717, 1.165) is 24.3 Å². The summed E-state index contributed by atoms with van der Waals surface area (Å²) in [6.45, 7) is -0.619. The lowest BCUT2D eigenvalue weighted by molar-refractivity contribution is -0.115. The second-order valence-corrected chi connectivity index (χ2v) is 6.60. The van der Waals surface area contributed by atoms with E-state index in [4.69, 9.17) is 11.6 Å². The molecule has 122 valence electrons. The maximum Gasteiger partial charge on any atom is 0.242 e. The van der Waals surface area contributed by atoms with Gasteiger partial charge in [-0.2, -0.15) is 0 Å². The SMILES string of the molecule is O=C(CNS(=O)(=O)c1cc(F)ccc1Cl)Nc1cccc(F)c1. The first kappa shape index (κ1) is 17.3. The van der Waals surface area contributed by atoms with Gasteiger partial charge in [-0.1, -0.05) is 17.7 Å². The Morgan fingerprint density at radius 3 is 2.48 bits per heavy atom. The van der Waals surface area contributed by atoms with E-state index in [1.54, 1.807) is 0 Å². The summed E-state index contributed by atoms with van der Waals surface area (Å²) in [6, 6.07) is 7.96. The molecule has 0 saturated carbocycles. The molecule has 0 aromatic heterocycles. The van der Waals surface area contributed by atoms with Crippen LogP contribution in [0.4, 0.5) is 14.5 Å². The Bertz CT molecular complexity index is 844. The van der Waals surface area contributed by atoms with Gasteiger partial charge in [-0.3, -0.25) is 4.79 Å². The standard InChI is InChI=1S/C14H11ClF2N2O3S/c15-12-5-4-10(17)7-13(12)23(21,22)18-8-14(20)19-11-3-1-2-9(16)6-11/h1-7,18H,8H2,(H,19,20). The number of halogens is 3. The number of nitrogens with one attached hydrogen (secondary N) is 2. The molecule has 0 aliphatic carbocycles. The third kappa shape index (κ3) is 4.72. The van der Waals surface area contributed by atoms with Crippen LogP contribution >= 0.6 is 11.6 Å². The molecular weight excluding hydrogens is 350 g/mol. The smallest absolute Gasteiger partial charge is 0.242 e. The third-order valence-electron chi connectivity index (χ3n) is 2.71. The minimum atomic E-state index is -4.17. The van der Waals surface area contributed by atoms with Gasteiger partial charge in [-0.25, -0.2) is 21.9 Å². The highest BCUT2D eigenvalue weighted by atomic mass is 35.5. The topological polar surface area (TPSA) is 75.3 Å². The van der Waals surface area contributed by atoms with Gasteiger partial charge in [0, 0.05) is 5.69 Å². The molecule has 0 fully saturated rings. The molecule has 2 aromatic carbocycles. The maximum atomic E-state index is 13.1. The average Bonchev–Trinajstić information content (AvgIpc) is 2.48. The molecule has 2 N–H and O–H groups in total. The molecule has 2 rings (SSSR count). The van der Waals surface area contributed by atoms with Gasteiger partial charge in [0.25, 0.3) is 0 Å². The fraction of sp³-hybridized carbons (Fsp3) is 0.0714. The molecule has 0 aliphatic rings. The summed E-state index contributed by atoms with van der Waals surface area (Å²) in [5.41, 5.74) is 0.179. The number of benzene rings is 2. The van der Waals surface area contributed by atoms with Crippen LogP contribution in [-0.4, -0.2) is 20.9 Å². The van der Waals surface area contributed by atoms with Crippen molar-refractivity contribution < 1.29 is 22.0 Å². The molecule has 0 unspecified atom stereocenters. The van der Waals surface area contributed by atoms with E-state index < -0.39 is 39.0 Å². The summed E-state index contributed by atoms with van der Waals surface area (Å²) in [6.07, 6.45) is 0. The lowest BCUT2D eigenvalue weighted by Gasteiger charge is -2.09. The Morgan fingerprint density at radius 2 is 1.78 bits per heavy atom. The zero-order valence-corrected chi connectivity index (χ0v) is 13.1. The summed E-state index contributed by atoms with van der Waals surface area (Å²) < 4.78 is 52.1. The first-order valence-corrected chi connectivity index (χ1v) is 8.14. The second kappa shape index (κ2) is 7.03. The van der Waals surface area contributed by atoms with Crippen LogP contribution in [0.5, 0.6) is 0 Å². The molecule has 0 atom stereocenters. The van der Waals surface area contributed by atoms with Crippen molar-refractivity contribution in [3.05, 3.63) is 59.1 Å². The molecule has 0 spiro atoms. The molecule has 0 heterocycles. The van der Waals surface area contributed by atoms with Crippen molar-refractivity contribution in [3.8, 4) is 0 Å². The number of hydrogen-bond acceptors (Lipinski definition) is 3. The molecule has 23 heavy (non-hydrogen) atoms. The fourth-order valence-corrected chi connectivity index (χ4v) is 3.18. The summed E-state index contributed by atoms with van der Waals surface area (Å²) >= 11 is 5.72. The lowest BCUT2D eigenvalue weighted by Crippen LogP contribution is -2.33. The molecular formula is C14H11ClF2N2O3S. The van der Waals surface area contributed by atoms with Gasteiger partial charge < -0.3 is 5.32 Å². The van der Waals surface area contributed by atoms with Crippen LogP contribution in [0.1, 0.15) is 0 Å². The number of carbonyl (C=O) groups is 1. The van der Waals surface area contributed by atoms with Crippen LogP contribution in [-0.2, 0) is 14.8 Å². The molecule has 9 heteroatoms. The summed E-state index contributed by atoms with van der Waals surface area (Å²) in [4.78, 5) is 11.2. The number of sulfonamides is 1. The fourth-order valence-electron chi connectivity index (χ4n) is 1.69. The number of carbonyl (C=O) groups excluding carboxylic acids is 1. The molecule has 5 nitrogen and oxygen atoms in total. The Hall–Kier alpha value is -2.03. The van der Waals surface area contributed by atoms with Crippen LogP contribution in [0.3, 0.4) is 0 Å². The first-order valence-electron chi connectivity index (χ1n) is 6.28. The highest BCUT2D eigenvalue weighted by molar-refractivity contribution is 7.89. The summed E-state index contributed by atoms with van der Waals surface area (Å²) in [7, 11) is -4.17.